The molecule has 0 aromatic rings. The van der Waals surface area contributed by atoms with Crippen molar-refractivity contribution in [2.24, 2.45) is 0 Å². The lowest BCUT2D eigenvalue weighted by molar-refractivity contribution is 0.618. The van der Waals surface area contributed by atoms with Crippen molar-refractivity contribution in [3.05, 3.63) is 12.7 Å². The summed E-state index contributed by atoms with van der Waals surface area (Å²) in [7, 11) is 0. The van der Waals surface area contributed by atoms with Gasteiger partial charge in [-0.2, -0.15) is 0 Å². The molecule has 0 aliphatic heterocycles. The first-order valence-electron chi connectivity index (χ1n) is 4.56. The fraction of sp³-hybridized carbons (Fsp3) is 0.800. The highest BCUT2D eigenvalue weighted by atomic mass is 35.5. The number of unbranched alkanes of at least 4 members (excludes halogenated alkanes) is 2. The molecule has 0 bridgehead atoms. The average Bonchev–Trinajstić information content (AvgIpc) is 2.01. The van der Waals surface area contributed by atoms with Crippen molar-refractivity contribution < 1.29 is 0 Å². The molecule has 0 aromatic carbocycles. The van der Waals surface area contributed by atoms with Gasteiger partial charge < -0.3 is 0 Å². The molecule has 0 aliphatic carbocycles. The van der Waals surface area contributed by atoms with Gasteiger partial charge in [-0.15, -0.1) is 18.2 Å². The first-order chi connectivity index (χ1) is 5.31. The topological polar surface area (TPSA) is 0 Å². The molecule has 0 heterocycles. The average molecular weight is 175 g/mol. The van der Waals surface area contributed by atoms with E-state index in [-0.39, 0.29) is 0 Å². The molecular formula is C10H19Cl. The van der Waals surface area contributed by atoms with Gasteiger partial charge in [0.2, 0.25) is 0 Å². The lowest BCUT2D eigenvalue weighted by atomic mass is 10.1. The molecule has 1 unspecified atom stereocenters. The molecule has 1 heteroatoms. The molecule has 0 N–H and O–H groups in total. The minimum atomic E-state index is 0.375. The van der Waals surface area contributed by atoms with Gasteiger partial charge in [0.15, 0.2) is 0 Å². The largest absolute Gasteiger partial charge is 0.123 e. The van der Waals surface area contributed by atoms with Crippen molar-refractivity contribution in [1.82, 2.24) is 0 Å². The third-order valence-electron chi connectivity index (χ3n) is 1.80. The van der Waals surface area contributed by atoms with E-state index in [9.17, 15) is 0 Å². The molecular weight excluding hydrogens is 156 g/mol. The van der Waals surface area contributed by atoms with Crippen LogP contribution in [0.5, 0.6) is 0 Å². The highest BCUT2D eigenvalue weighted by Crippen LogP contribution is 2.14. The minimum Gasteiger partial charge on any atom is -0.123 e. The minimum absolute atomic E-state index is 0.375. The van der Waals surface area contributed by atoms with E-state index >= 15 is 0 Å². The van der Waals surface area contributed by atoms with E-state index in [0.717, 1.165) is 12.8 Å². The Morgan fingerprint density at radius 3 is 2.64 bits per heavy atom. The van der Waals surface area contributed by atoms with Crippen molar-refractivity contribution in [3.63, 3.8) is 0 Å². The lowest BCUT2D eigenvalue weighted by Gasteiger charge is -2.05. The summed E-state index contributed by atoms with van der Waals surface area (Å²) in [5, 5.41) is 0.375. The van der Waals surface area contributed by atoms with Crippen LogP contribution in [0.4, 0.5) is 0 Å². The fourth-order valence-electron chi connectivity index (χ4n) is 1.06. The summed E-state index contributed by atoms with van der Waals surface area (Å²) < 4.78 is 0. The molecule has 0 spiro atoms. The number of rotatable bonds is 7. The summed E-state index contributed by atoms with van der Waals surface area (Å²) in [5.74, 6) is 0. The van der Waals surface area contributed by atoms with Gasteiger partial charge >= 0.3 is 0 Å². The highest BCUT2D eigenvalue weighted by molar-refractivity contribution is 6.20. The number of alkyl halides is 1. The maximum atomic E-state index is 6.05. The van der Waals surface area contributed by atoms with Gasteiger partial charge in [0.25, 0.3) is 0 Å². The second-order valence-corrected chi connectivity index (χ2v) is 3.58. The van der Waals surface area contributed by atoms with Gasteiger partial charge in [-0.25, -0.2) is 0 Å². The molecule has 0 aromatic heterocycles. The van der Waals surface area contributed by atoms with Crippen LogP contribution in [-0.2, 0) is 0 Å². The highest BCUT2D eigenvalue weighted by Gasteiger charge is 2.01. The molecule has 0 aliphatic rings. The Kier molecular flexibility index (Phi) is 8.15. The van der Waals surface area contributed by atoms with Crippen molar-refractivity contribution in [2.45, 2.75) is 50.8 Å². The standard InChI is InChI=1S/C10H19Cl/c1-3-5-7-9-10(11)8-6-4-2/h4,10H,2-3,5-9H2,1H3. The van der Waals surface area contributed by atoms with Crippen LogP contribution in [0.1, 0.15) is 45.4 Å². The summed E-state index contributed by atoms with van der Waals surface area (Å²) in [5.41, 5.74) is 0. The van der Waals surface area contributed by atoms with E-state index in [4.69, 9.17) is 11.6 Å². The van der Waals surface area contributed by atoms with E-state index in [0.29, 0.717) is 5.38 Å². The zero-order valence-electron chi connectivity index (χ0n) is 7.48. The molecule has 0 amide bonds. The van der Waals surface area contributed by atoms with Gasteiger partial charge in [0, 0.05) is 5.38 Å². The van der Waals surface area contributed by atoms with E-state index < -0.39 is 0 Å². The second kappa shape index (κ2) is 8.13. The van der Waals surface area contributed by atoms with Crippen LogP contribution in [-0.4, -0.2) is 5.38 Å². The summed E-state index contributed by atoms with van der Waals surface area (Å²) in [6, 6.07) is 0. The Hall–Kier alpha value is 0.0300. The first-order valence-corrected chi connectivity index (χ1v) is 4.99. The smallest absolute Gasteiger partial charge is 0.0339 e. The molecule has 0 radical (unpaired) electrons. The molecule has 1 atom stereocenters. The quantitative estimate of drug-likeness (QED) is 0.309. The van der Waals surface area contributed by atoms with E-state index in [2.05, 4.69) is 13.5 Å². The molecule has 0 fully saturated rings. The van der Waals surface area contributed by atoms with Gasteiger partial charge in [-0.1, -0.05) is 32.3 Å². The van der Waals surface area contributed by atoms with Crippen LogP contribution in [0.3, 0.4) is 0 Å². The predicted octanol–water partition coefficient (Wildman–Crippen LogP) is 4.14. The second-order valence-electron chi connectivity index (χ2n) is 2.96. The Bertz CT molecular complexity index is 88.9. The summed E-state index contributed by atoms with van der Waals surface area (Å²) in [6.07, 6.45) is 9.14. The monoisotopic (exact) mass is 174 g/mol. The van der Waals surface area contributed by atoms with Gasteiger partial charge in [-0.3, -0.25) is 0 Å². The molecule has 66 valence electrons. The van der Waals surface area contributed by atoms with Gasteiger partial charge in [0.05, 0.1) is 0 Å². The van der Waals surface area contributed by atoms with Crippen molar-refractivity contribution in [3.8, 4) is 0 Å². The number of allylic oxidation sites excluding steroid dienone is 1. The molecule has 0 saturated carbocycles. The van der Waals surface area contributed by atoms with Gasteiger partial charge in [-0.05, 0) is 19.3 Å². The third kappa shape index (κ3) is 7.93. The van der Waals surface area contributed by atoms with E-state index in [1.807, 2.05) is 6.08 Å². The number of hydrogen-bond donors (Lipinski definition) is 0. The summed E-state index contributed by atoms with van der Waals surface area (Å²) in [6.45, 7) is 5.89. The molecule has 11 heavy (non-hydrogen) atoms. The first kappa shape index (κ1) is 11.0. The Labute approximate surface area is 75.6 Å². The Morgan fingerprint density at radius 1 is 1.36 bits per heavy atom. The van der Waals surface area contributed by atoms with Crippen LogP contribution in [0.2, 0.25) is 0 Å². The van der Waals surface area contributed by atoms with Crippen molar-refractivity contribution in [2.75, 3.05) is 0 Å². The lowest BCUT2D eigenvalue weighted by Crippen LogP contribution is -1.96. The van der Waals surface area contributed by atoms with Crippen LogP contribution in [0.15, 0.2) is 12.7 Å². The molecule has 0 rings (SSSR count). The summed E-state index contributed by atoms with van der Waals surface area (Å²) in [4.78, 5) is 0. The van der Waals surface area contributed by atoms with E-state index in [1.165, 1.54) is 25.7 Å². The number of halogens is 1. The third-order valence-corrected chi connectivity index (χ3v) is 2.24. The van der Waals surface area contributed by atoms with Crippen molar-refractivity contribution in [1.29, 1.82) is 0 Å². The number of hydrogen-bond acceptors (Lipinski definition) is 0. The van der Waals surface area contributed by atoms with Crippen LogP contribution in [0.25, 0.3) is 0 Å². The van der Waals surface area contributed by atoms with Crippen molar-refractivity contribution >= 4 is 11.6 Å². The van der Waals surface area contributed by atoms with Crippen LogP contribution in [0, 0.1) is 0 Å². The predicted molar refractivity (Wildman–Crippen MR) is 53.2 cm³/mol. The Morgan fingerprint density at radius 2 is 2.09 bits per heavy atom. The summed E-state index contributed by atoms with van der Waals surface area (Å²) >= 11 is 6.05. The van der Waals surface area contributed by atoms with Gasteiger partial charge in [0.1, 0.15) is 0 Å². The fourth-order valence-corrected chi connectivity index (χ4v) is 1.34. The van der Waals surface area contributed by atoms with Crippen LogP contribution < -0.4 is 0 Å². The van der Waals surface area contributed by atoms with Crippen LogP contribution >= 0.6 is 11.6 Å². The van der Waals surface area contributed by atoms with E-state index in [1.54, 1.807) is 0 Å². The molecule has 0 saturated heterocycles. The molecule has 0 nitrogen and oxygen atoms in total. The zero-order chi connectivity index (χ0) is 8.53. The SMILES string of the molecule is C=CCCC(Cl)CCCCC. The Balaban J connectivity index is 3.08. The normalized spacial score (nSPS) is 12.9. The maximum Gasteiger partial charge on any atom is 0.0339 e. The maximum absolute atomic E-state index is 6.05. The zero-order valence-corrected chi connectivity index (χ0v) is 8.24.